The number of amides is 2. The number of piperazine rings is 1. The molecule has 5 heteroatoms. The Kier molecular flexibility index (Phi) is 6.39. The van der Waals surface area contributed by atoms with Gasteiger partial charge < -0.3 is 15.0 Å². The lowest BCUT2D eigenvalue weighted by molar-refractivity contribution is -0.151. The van der Waals surface area contributed by atoms with E-state index in [9.17, 15) is 9.59 Å². The van der Waals surface area contributed by atoms with E-state index in [1.54, 1.807) is 11.0 Å². The van der Waals surface area contributed by atoms with Gasteiger partial charge in [-0.15, -0.1) is 6.58 Å². The zero-order chi connectivity index (χ0) is 19.1. The summed E-state index contributed by atoms with van der Waals surface area (Å²) in [5.74, 6) is -0.294. The summed E-state index contributed by atoms with van der Waals surface area (Å²) in [6.45, 7) is 4.65. The summed E-state index contributed by atoms with van der Waals surface area (Å²) < 4.78 is 5.69. The third-order valence-electron chi connectivity index (χ3n) is 4.56. The van der Waals surface area contributed by atoms with E-state index in [0.717, 1.165) is 11.1 Å². The fourth-order valence-electron chi connectivity index (χ4n) is 3.17. The summed E-state index contributed by atoms with van der Waals surface area (Å²) in [4.78, 5) is 27.2. The van der Waals surface area contributed by atoms with Crippen LogP contribution in [0.1, 0.15) is 17.5 Å². The standard InChI is InChI=1S/C22H24N2O3/c1-2-9-20-21(25)23-19(16-27-15-18-12-7-4-8-13-18)22(26)24(20)14-17-10-5-3-6-11-17/h2-8,10-13,19-20H,1,9,14-16H2,(H,23,25)/t19?,20-/m1/s1. The highest BCUT2D eigenvalue weighted by Gasteiger charge is 2.39. The van der Waals surface area contributed by atoms with Gasteiger partial charge in [0.2, 0.25) is 11.8 Å². The number of carbonyl (C=O) groups is 2. The zero-order valence-electron chi connectivity index (χ0n) is 15.2. The lowest BCUT2D eigenvalue weighted by atomic mass is 10.0. The molecule has 1 heterocycles. The summed E-state index contributed by atoms with van der Waals surface area (Å²) in [7, 11) is 0. The van der Waals surface area contributed by atoms with E-state index >= 15 is 0 Å². The van der Waals surface area contributed by atoms with Crippen LogP contribution < -0.4 is 5.32 Å². The Balaban J connectivity index is 1.68. The van der Waals surface area contributed by atoms with Gasteiger partial charge in [-0.25, -0.2) is 0 Å². The highest BCUT2D eigenvalue weighted by atomic mass is 16.5. The molecule has 0 aliphatic carbocycles. The average Bonchev–Trinajstić information content (AvgIpc) is 2.70. The van der Waals surface area contributed by atoms with Crippen molar-refractivity contribution in [3.05, 3.63) is 84.4 Å². The van der Waals surface area contributed by atoms with E-state index in [2.05, 4.69) is 11.9 Å². The first-order valence-electron chi connectivity index (χ1n) is 9.06. The van der Waals surface area contributed by atoms with Crippen molar-refractivity contribution in [2.45, 2.75) is 31.7 Å². The van der Waals surface area contributed by atoms with Gasteiger partial charge in [-0.3, -0.25) is 9.59 Å². The molecule has 1 saturated heterocycles. The molecule has 5 nitrogen and oxygen atoms in total. The first-order chi connectivity index (χ1) is 13.2. The lowest BCUT2D eigenvalue weighted by Crippen LogP contribution is -2.64. The van der Waals surface area contributed by atoms with Crippen molar-refractivity contribution in [1.29, 1.82) is 0 Å². The molecule has 0 bridgehead atoms. The molecule has 1 aliphatic rings. The number of rotatable bonds is 8. The molecule has 0 aromatic heterocycles. The summed E-state index contributed by atoms with van der Waals surface area (Å²) in [6.07, 6.45) is 2.09. The van der Waals surface area contributed by atoms with Gasteiger partial charge in [-0.2, -0.15) is 0 Å². The minimum atomic E-state index is -0.675. The van der Waals surface area contributed by atoms with Crippen LogP contribution in [0.4, 0.5) is 0 Å². The van der Waals surface area contributed by atoms with Crippen LogP contribution in [-0.4, -0.2) is 35.4 Å². The number of ether oxygens (including phenoxy) is 1. The van der Waals surface area contributed by atoms with Crippen LogP contribution in [0, 0.1) is 0 Å². The zero-order valence-corrected chi connectivity index (χ0v) is 15.2. The molecular formula is C22H24N2O3. The normalized spacial score (nSPS) is 19.6. The van der Waals surface area contributed by atoms with Crippen molar-refractivity contribution in [3.8, 4) is 0 Å². The Hall–Kier alpha value is -2.92. The molecule has 2 amide bonds. The molecule has 1 unspecified atom stereocenters. The Morgan fingerprint density at radius 3 is 2.26 bits per heavy atom. The Morgan fingerprint density at radius 2 is 1.63 bits per heavy atom. The first-order valence-corrected chi connectivity index (χ1v) is 9.06. The van der Waals surface area contributed by atoms with E-state index in [0.29, 0.717) is 19.6 Å². The van der Waals surface area contributed by atoms with Gasteiger partial charge in [0.25, 0.3) is 0 Å². The molecule has 2 aromatic carbocycles. The monoisotopic (exact) mass is 364 g/mol. The molecule has 140 valence electrons. The molecule has 0 spiro atoms. The average molecular weight is 364 g/mol. The van der Waals surface area contributed by atoms with Crippen molar-refractivity contribution < 1.29 is 14.3 Å². The maximum atomic E-state index is 13.0. The third kappa shape index (κ3) is 4.83. The van der Waals surface area contributed by atoms with Gasteiger partial charge >= 0.3 is 0 Å². The number of nitrogens with zero attached hydrogens (tertiary/aromatic N) is 1. The van der Waals surface area contributed by atoms with Gasteiger partial charge in [0.1, 0.15) is 12.1 Å². The predicted octanol–water partition coefficient (Wildman–Crippen LogP) is 2.68. The third-order valence-corrected chi connectivity index (χ3v) is 4.56. The number of carbonyl (C=O) groups excluding carboxylic acids is 2. The highest BCUT2D eigenvalue weighted by molar-refractivity contribution is 5.97. The second-order valence-corrected chi connectivity index (χ2v) is 6.55. The van der Waals surface area contributed by atoms with Crippen LogP contribution >= 0.6 is 0 Å². The quantitative estimate of drug-likeness (QED) is 0.733. The highest BCUT2D eigenvalue weighted by Crippen LogP contribution is 2.18. The Morgan fingerprint density at radius 1 is 1.00 bits per heavy atom. The molecule has 3 rings (SSSR count). The molecule has 1 fully saturated rings. The van der Waals surface area contributed by atoms with Crippen LogP contribution in [0.15, 0.2) is 73.3 Å². The van der Waals surface area contributed by atoms with Crippen LogP contribution in [-0.2, 0) is 27.5 Å². The smallest absolute Gasteiger partial charge is 0.248 e. The number of benzene rings is 2. The summed E-state index contributed by atoms with van der Waals surface area (Å²) >= 11 is 0. The lowest BCUT2D eigenvalue weighted by Gasteiger charge is -2.38. The van der Waals surface area contributed by atoms with Crippen molar-refractivity contribution in [2.75, 3.05) is 6.61 Å². The van der Waals surface area contributed by atoms with Gasteiger partial charge in [0.15, 0.2) is 0 Å². The fourth-order valence-corrected chi connectivity index (χ4v) is 3.17. The molecule has 2 atom stereocenters. The van der Waals surface area contributed by atoms with Crippen molar-refractivity contribution in [1.82, 2.24) is 10.2 Å². The van der Waals surface area contributed by atoms with Gasteiger partial charge in [-0.1, -0.05) is 66.7 Å². The topological polar surface area (TPSA) is 58.6 Å². The minimum absolute atomic E-state index is 0.127. The Labute approximate surface area is 159 Å². The van der Waals surface area contributed by atoms with Crippen molar-refractivity contribution in [2.24, 2.45) is 0 Å². The van der Waals surface area contributed by atoms with Crippen LogP contribution in [0.25, 0.3) is 0 Å². The predicted molar refractivity (Wildman–Crippen MR) is 104 cm³/mol. The van der Waals surface area contributed by atoms with E-state index in [1.165, 1.54) is 0 Å². The number of hydrogen-bond donors (Lipinski definition) is 1. The molecular weight excluding hydrogens is 340 g/mol. The Bertz CT molecular complexity index is 777. The van der Waals surface area contributed by atoms with Gasteiger partial charge in [0, 0.05) is 6.54 Å². The van der Waals surface area contributed by atoms with E-state index in [4.69, 9.17) is 4.74 Å². The molecule has 2 aromatic rings. The minimum Gasteiger partial charge on any atom is -0.374 e. The van der Waals surface area contributed by atoms with E-state index in [1.807, 2.05) is 60.7 Å². The molecule has 1 N–H and O–H groups in total. The summed E-state index contributed by atoms with van der Waals surface area (Å²) in [5, 5.41) is 2.80. The van der Waals surface area contributed by atoms with Crippen LogP contribution in [0.3, 0.4) is 0 Å². The molecule has 27 heavy (non-hydrogen) atoms. The second kappa shape index (κ2) is 9.14. The largest absolute Gasteiger partial charge is 0.374 e. The fraction of sp³-hybridized carbons (Fsp3) is 0.273. The first kappa shape index (κ1) is 18.9. The summed E-state index contributed by atoms with van der Waals surface area (Å²) in [5.41, 5.74) is 2.01. The van der Waals surface area contributed by atoms with E-state index in [-0.39, 0.29) is 18.4 Å². The van der Waals surface area contributed by atoms with Crippen LogP contribution in [0.5, 0.6) is 0 Å². The molecule has 0 radical (unpaired) electrons. The van der Waals surface area contributed by atoms with Gasteiger partial charge in [-0.05, 0) is 17.5 Å². The van der Waals surface area contributed by atoms with Gasteiger partial charge in [0.05, 0.1) is 13.2 Å². The van der Waals surface area contributed by atoms with Crippen molar-refractivity contribution in [3.63, 3.8) is 0 Å². The number of nitrogens with one attached hydrogen (secondary N) is 1. The number of hydrogen-bond acceptors (Lipinski definition) is 3. The molecule has 1 aliphatic heterocycles. The SMILES string of the molecule is C=CC[C@@H]1C(=O)NC(COCc2ccccc2)C(=O)N1Cc1ccccc1. The second-order valence-electron chi connectivity index (χ2n) is 6.55. The molecule has 0 saturated carbocycles. The maximum Gasteiger partial charge on any atom is 0.248 e. The summed E-state index contributed by atoms with van der Waals surface area (Å²) in [6, 6.07) is 18.2. The van der Waals surface area contributed by atoms with Crippen LogP contribution in [0.2, 0.25) is 0 Å². The maximum absolute atomic E-state index is 13.0. The van der Waals surface area contributed by atoms with Crippen molar-refractivity contribution >= 4 is 11.8 Å². The van der Waals surface area contributed by atoms with E-state index < -0.39 is 12.1 Å².